The number of aliphatic hydroxyl groups excluding tert-OH is 1. The second-order valence-corrected chi connectivity index (χ2v) is 14.4. The summed E-state index contributed by atoms with van der Waals surface area (Å²) in [5.74, 6) is -1.08. The zero-order valence-electron chi connectivity index (χ0n) is 20.0. The van der Waals surface area contributed by atoms with Gasteiger partial charge in [0, 0.05) is 10.9 Å². The van der Waals surface area contributed by atoms with Gasteiger partial charge >= 0.3 is 0 Å². The highest BCUT2D eigenvalue weighted by atomic mass is 32.2. The fraction of sp³-hybridized carbons (Fsp3) is 0.391. The molecule has 0 fully saturated rings. The molecule has 0 amide bonds. The predicted molar refractivity (Wildman–Crippen MR) is 138 cm³/mol. The van der Waals surface area contributed by atoms with Crippen LogP contribution in [0.1, 0.15) is 51.7 Å². The number of benzene rings is 1. The number of carbonyl (C=O) groups is 1. The topological polar surface area (TPSA) is 142 Å². The quantitative estimate of drug-likeness (QED) is 0.517. The second kappa shape index (κ2) is 8.17. The first-order valence-electron chi connectivity index (χ1n) is 10.8. The average Bonchev–Trinajstić information content (AvgIpc) is 3.12. The van der Waals surface area contributed by atoms with Gasteiger partial charge in [-0.1, -0.05) is 45.0 Å². The van der Waals surface area contributed by atoms with Crippen molar-refractivity contribution in [3.05, 3.63) is 46.3 Å². The van der Waals surface area contributed by atoms with Crippen molar-refractivity contribution < 1.29 is 26.7 Å². The van der Waals surface area contributed by atoms with Crippen LogP contribution in [0.2, 0.25) is 0 Å². The Morgan fingerprint density at radius 3 is 2.51 bits per heavy atom. The molecule has 0 spiro atoms. The number of carbonyl (C=O) groups excluding carboxylic acids is 1. The van der Waals surface area contributed by atoms with E-state index < -0.39 is 31.2 Å². The van der Waals surface area contributed by atoms with E-state index in [4.69, 9.17) is 0 Å². The Kier molecular flexibility index (Phi) is 5.93. The van der Waals surface area contributed by atoms with E-state index in [9.17, 15) is 26.7 Å². The Morgan fingerprint density at radius 1 is 1.23 bits per heavy atom. The number of nitrogens with zero attached hydrogens (tertiary/aromatic N) is 1. The summed E-state index contributed by atoms with van der Waals surface area (Å²) >= 11 is 0.951. The normalized spacial score (nSPS) is 21.6. The molecular formula is C23H27N3O6S3. The van der Waals surface area contributed by atoms with E-state index in [0.29, 0.717) is 24.0 Å². The van der Waals surface area contributed by atoms with Crippen molar-refractivity contribution in [1.29, 1.82) is 0 Å². The van der Waals surface area contributed by atoms with Crippen LogP contribution >= 0.6 is 11.3 Å². The summed E-state index contributed by atoms with van der Waals surface area (Å²) in [6.45, 7) is 8.02. The molecule has 1 aromatic heterocycles. The highest BCUT2D eigenvalue weighted by Crippen LogP contribution is 2.46. The first kappa shape index (κ1) is 25.4. The molecule has 2 aromatic rings. The number of Topliss-reactive ketones (excluding diaryl/α,β-unsaturated/α-hetero) is 1. The summed E-state index contributed by atoms with van der Waals surface area (Å²) in [4.78, 5) is 13.6. The van der Waals surface area contributed by atoms with E-state index in [1.54, 1.807) is 31.2 Å². The number of aliphatic hydroxyl groups is 1. The van der Waals surface area contributed by atoms with Gasteiger partial charge in [-0.15, -0.1) is 15.7 Å². The van der Waals surface area contributed by atoms with E-state index in [1.807, 2.05) is 0 Å². The molecule has 0 radical (unpaired) electrons. The minimum Gasteiger partial charge on any atom is -0.506 e. The van der Waals surface area contributed by atoms with Crippen molar-refractivity contribution >= 4 is 59.4 Å². The Hall–Kier alpha value is -2.70. The Morgan fingerprint density at radius 2 is 1.89 bits per heavy atom. The lowest BCUT2D eigenvalue weighted by Gasteiger charge is -2.37. The van der Waals surface area contributed by atoms with E-state index in [0.717, 1.165) is 17.6 Å². The first-order valence-corrected chi connectivity index (χ1v) is 15.0. The summed E-state index contributed by atoms with van der Waals surface area (Å²) < 4.78 is 55.5. The van der Waals surface area contributed by atoms with Crippen LogP contribution < -0.4 is 10.0 Å². The van der Waals surface area contributed by atoms with Gasteiger partial charge in [-0.2, -0.15) is 8.42 Å². The number of ketones is 1. The number of thiophene rings is 1. The van der Waals surface area contributed by atoms with Gasteiger partial charge in [-0.05, 0) is 30.7 Å². The molecule has 1 aliphatic carbocycles. The fourth-order valence-electron chi connectivity index (χ4n) is 4.27. The number of fused-ring (bicyclic) bond motifs is 2. The van der Waals surface area contributed by atoms with E-state index in [2.05, 4.69) is 35.2 Å². The van der Waals surface area contributed by atoms with Crippen LogP contribution in [-0.4, -0.2) is 39.8 Å². The average molecular weight is 538 g/mol. The molecule has 0 saturated carbocycles. The molecule has 1 atom stereocenters. The molecule has 12 heteroatoms. The summed E-state index contributed by atoms with van der Waals surface area (Å²) in [6.07, 6.45) is 2.11. The predicted octanol–water partition coefficient (Wildman–Crippen LogP) is 4.27. The molecule has 4 rings (SSSR count). The first-order chi connectivity index (χ1) is 16.0. The van der Waals surface area contributed by atoms with Crippen molar-refractivity contribution in [3.8, 4) is 0 Å². The minimum absolute atomic E-state index is 0.0551. The molecule has 0 unspecified atom stereocenters. The summed E-state index contributed by atoms with van der Waals surface area (Å²) in [5.41, 5.74) is -0.293. The summed E-state index contributed by atoms with van der Waals surface area (Å²) in [7, 11) is -8.12. The minimum atomic E-state index is -4.39. The van der Waals surface area contributed by atoms with Gasteiger partial charge in [0.15, 0.2) is 11.6 Å². The van der Waals surface area contributed by atoms with Gasteiger partial charge < -0.3 is 10.4 Å². The van der Waals surface area contributed by atoms with Gasteiger partial charge in [-0.25, -0.2) is 8.42 Å². The van der Waals surface area contributed by atoms with E-state index in [1.165, 1.54) is 5.38 Å². The molecule has 1 aromatic carbocycles. The maximum absolute atomic E-state index is 13.9. The van der Waals surface area contributed by atoms with Crippen LogP contribution in [0.4, 0.5) is 10.7 Å². The zero-order chi connectivity index (χ0) is 26.0. The van der Waals surface area contributed by atoms with Crippen LogP contribution in [0.25, 0.3) is 5.76 Å². The van der Waals surface area contributed by atoms with Gasteiger partial charge in [0.05, 0.1) is 17.4 Å². The fourth-order valence-corrected chi connectivity index (χ4v) is 7.43. The molecule has 0 saturated heterocycles. The number of sulfonamides is 2. The number of rotatable bonds is 5. The lowest BCUT2D eigenvalue weighted by Crippen LogP contribution is -2.42. The van der Waals surface area contributed by atoms with Crippen molar-refractivity contribution in [2.45, 2.75) is 50.8 Å². The molecule has 1 aliphatic heterocycles. The molecule has 35 heavy (non-hydrogen) atoms. The highest BCUT2D eigenvalue weighted by Gasteiger charge is 2.47. The summed E-state index contributed by atoms with van der Waals surface area (Å²) in [5, 5.41) is 15.4. The number of hydrogen-bond acceptors (Lipinski definition) is 8. The SMILES string of the molecule is CC(C)(C)CC[C@]1(C)C(=O)C(C2=NS(=O)(=O)c3c(NS(C)(=O)=O)csc3N2)=C(O)c2ccccc21. The van der Waals surface area contributed by atoms with E-state index in [-0.39, 0.29) is 38.2 Å². The monoisotopic (exact) mass is 537 g/mol. The maximum Gasteiger partial charge on any atom is 0.289 e. The van der Waals surface area contributed by atoms with Crippen molar-refractivity contribution in [1.82, 2.24) is 0 Å². The second-order valence-electron chi connectivity index (χ2n) is 10.2. The third-order valence-electron chi connectivity index (χ3n) is 6.10. The number of nitrogens with one attached hydrogen (secondary N) is 2. The van der Waals surface area contributed by atoms with Crippen LogP contribution in [0.5, 0.6) is 0 Å². The largest absolute Gasteiger partial charge is 0.506 e. The standard InChI is InChI=1S/C23H27N3O6S3/c1-22(2,3)10-11-23(4)14-9-7-6-8-13(14)17(27)16(19(23)28)20-24-21-18(35(31,32)26-20)15(12-33-21)25-34(5,29)30/h6-9,12,25,27H,10-11H2,1-5H3,(H,24,26)/t23-/m0/s1. The zero-order valence-corrected chi connectivity index (χ0v) is 22.4. The van der Waals surface area contributed by atoms with Crippen LogP contribution in [0, 0.1) is 5.41 Å². The molecule has 188 valence electrons. The number of hydrogen-bond donors (Lipinski definition) is 3. The molecule has 2 heterocycles. The van der Waals surface area contributed by atoms with Crippen LogP contribution in [0.15, 0.2) is 44.5 Å². The van der Waals surface area contributed by atoms with Crippen molar-refractivity contribution in [2.75, 3.05) is 16.3 Å². The lowest BCUT2D eigenvalue weighted by atomic mass is 9.65. The summed E-state index contributed by atoms with van der Waals surface area (Å²) in [6, 6.07) is 7.03. The Bertz CT molecular complexity index is 1510. The highest BCUT2D eigenvalue weighted by molar-refractivity contribution is 7.92. The van der Waals surface area contributed by atoms with Crippen LogP contribution in [0.3, 0.4) is 0 Å². The Labute approximate surface area is 209 Å². The molecule has 9 nitrogen and oxygen atoms in total. The van der Waals surface area contributed by atoms with Gasteiger partial charge in [0.2, 0.25) is 10.0 Å². The number of anilines is 2. The number of amidine groups is 1. The van der Waals surface area contributed by atoms with Gasteiger partial charge in [-0.3, -0.25) is 9.52 Å². The van der Waals surface area contributed by atoms with Gasteiger partial charge in [0.1, 0.15) is 21.2 Å². The Balaban J connectivity index is 1.85. The third-order valence-corrected chi connectivity index (χ3v) is 9.07. The molecule has 3 N–H and O–H groups in total. The molecular weight excluding hydrogens is 510 g/mol. The third kappa shape index (κ3) is 4.62. The lowest BCUT2D eigenvalue weighted by molar-refractivity contribution is -0.120. The van der Waals surface area contributed by atoms with Crippen molar-refractivity contribution in [3.63, 3.8) is 0 Å². The van der Waals surface area contributed by atoms with E-state index >= 15 is 0 Å². The van der Waals surface area contributed by atoms with Gasteiger partial charge in [0.25, 0.3) is 10.0 Å². The van der Waals surface area contributed by atoms with Crippen LogP contribution in [-0.2, 0) is 30.3 Å². The molecule has 2 aliphatic rings. The maximum atomic E-state index is 13.9. The van der Waals surface area contributed by atoms with Crippen molar-refractivity contribution in [2.24, 2.45) is 9.81 Å². The smallest absolute Gasteiger partial charge is 0.289 e. The molecule has 0 bridgehead atoms.